The standard InChI is InChI=1S/C23H16N2O3/c26-17-9-5-15(6-10-17)19-3-1-13-24-21(19)23(28)22-20(4-2-14-25-22)16-7-11-18(27)12-8-16/h1-14,26-27H. The fourth-order valence-corrected chi connectivity index (χ4v) is 3.03. The maximum atomic E-state index is 13.3. The second-order valence-corrected chi connectivity index (χ2v) is 6.22. The Morgan fingerprint density at radius 2 is 1.00 bits per heavy atom. The summed E-state index contributed by atoms with van der Waals surface area (Å²) in [7, 11) is 0. The molecule has 0 aliphatic carbocycles. The highest BCUT2D eigenvalue weighted by Crippen LogP contribution is 2.29. The molecule has 4 aromatic rings. The first-order valence-corrected chi connectivity index (χ1v) is 8.67. The van der Waals surface area contributed by atoms with E-state index in [1.807, 2.05) is 12.1 Å². The molecule has 0 amide bonds. The predicted molar refractivity (Wildman–Crippen MR) is 106 cm³/mol. The van der Waals surface area contributed by atoms with E-state index < -0.39 is 0 Å². The number of carbonyl (C=O) groups excluding carboxylic acids is 1. The Hall–Kier alpha value is -3.99. The highest BCUT2D eigenvalue weighted by atomic mass is 16.3. The number of phenolic OH excluding ortho intramolecular Hbond substituents is 2. The first-order valence-electron chi connectivity index (χ1n) is 8.67. The third kappa shape index (κ3) is 3.33. The van der Waals surface area contributed by atoms with E-state index >= 15 is 0 Å². The fraction of sp³-hybridized carbons (Fsp3) is 0. The molecule has 5 heteroatoms. The van der Waals surface area contributed by atoms with Crippen molar-refractivity contribution in [2.24, 2.45) is 0 Å². The number of ketones is 1. The lowest BCUT2D eigenvalue weighted by atomic mass is 9.96. The van der Waals surface area contributed by atoms with Gasteiger partial charge in [0, 0.05) is 23.5 Å². The summed E-state index contributed by atoms with van der Waals surface area (Å²) in [5.41, 5.74) is 3.44. The number of phenols is 2. The zero-order valence-corrected chi connectivity index (χ0v) is 14.8. The van der Waals surface area contributed by atoms with Gasteiger partial charge < -0.3 is 10.2 Å². The van der Waals surface area contributed by atoms with Crippen LogP contribution < -0.4 is 0 Å². The maximum absolute atomic E-state index is 13.3. The molecule has 0 fully saturated rings. The second kappa shape index (κ2) is 7.32. The van der Waals surface area contributed by atoms with E-state index in [0.717, 1.165) is 11.1 Å². The monoisotopic (exact) mass is 368 g/mol. The molecular weight excluding hydrogens is 352 g/mol. The molecule has 0 unspecified atom stereocenters. The number of pyridine rings is 2. The van der Waals surface area contributed by atoms with Gasteiger partial charge in [0.15, 0.2) is 0 Å². The van der Waals surface area contributed by atoms with Crippen LogP contribution in [0.1, 0.15) is 16.2 Å². The van der Waals surface area contributed by atoms with Crippen LogP contribution in [-0.2, 0) is 0 Å². The zero-order valence-electron chi connectivity index (χ0n) is 14.8. The minimum atomic E-state index is -0.299. The fourth-order valence-electron chi connectivity index (χ4n) is 3.03. The molecule has 4 rings (SSSR count). The molecule has 0 aliphatic rings. The number of nitrogens with zero attached hydrogens (tertiary/aromatic N) is 2. The molecule has 0 saturated heterocycles. The number of hydrogen-bond acceptors (Lipinski definition) is 5. The molecule has 5 nitrogen and oxygen atoms in total. The lowest BCUT2D eigenvalue weighted by molar-refractivity contribution is 0.103. The van der Waals surface area contributed by atoms with E-state index in [2.05, 4.69) is 9.97 Å². The minimum absolute atomic E-state index is 0.153. The van der Waals surface area contributed by atoms with Crippen molar-refractivity contribution in [3.8, 4) is 33.8 Å². The van der Waals surface area contributed by atoms with Crippen LogP contribution in [0.15, 0.2) is 85.2 Å². The van der Waals surface area contributed by atoms with Gasteiger partial charge in [-0.25, -0.2) is 0 Å². The van der Waals surface area contributed by atoms with Crippen LogP contribution in [0.5, 0.6) is 11.5 Å². The lowest BCUT2D eigenvalue weighted by Gasteiger charge is -2.11. The Labute approximate surface area is 161 Å². The molecular formula is C23H16N2O3. The minimum Gasteiger partial charge on any atom is -0.508 e. The topological polar surface area (TPSA) is 83.3 Å². The quantitative estimate of drug-likeness (QED) is 0.520. The summed E-state index contributed by atoms with van der Waals surface area (Å²) in [5.74, 6) is 0.00655. The van der Waals surface area contributed by atoms with Gasteiger partial charge >= 0.3 is 0 Å². The van der Waals surface area contributed by atoms with Crippen molar-refractivity contribution >= 4 is 5.78 Å². The van der Waals surface area contributed by atoms with E-state index in [-0.39, 0.29) is 28.7 Å². The third-order valence-electron chi connectivity index (χ3n) is 4.40. The summed E-state index contributed by atoms with van der Waals surface area (Å²) >= 11 is 0. The van der Waals surface area contributed by atoms with E-state index in [1.165, 1.54) is 0 Å². The Kier molecular flexibility index (Phi) is 4.56. The smallest absolute Gasteiger partial charge is 0.230 e. The lowest BCUT2D eigenvalue weighted by Crippen LogP contribution is -2.10. The Balaban J connectivity index is 1.82. The van der Waals surface area contributed by atoms with Gasteiger partial charge in [-0.2, -0.15) is 0 Å². The number of rotatable bonds is 4. The van der Waals surface area contributed by atoms with Gasteiger partial charge in [0.2, 0.25) is 5.78 Å². The molecule has 2 aromatic carbocycles. The number of aromatic nitrogens is 2. The van der Waals surface area contributed by atoms with Crippen LogP contribution in [0.2, 0.25) is 0 Å². The zero-order chi connectivity index (χ0) is 19.5. The van der Waals surface area contributed by atoms with Gasteiger partial charge in [-0.3, -0.25) is 14.8 Å². The first-order chi connectivity index (χ1) is 13.6. The van der Waals surface area contributed by atoms with Crippen LogP contribution >= 0.6 is 0 Å². The summed E-state index contributed by atoms with van der Waals surface area (Å²) < 4.78 is 0. The highest BCUT2D eigenvalue weighted by molar-refractivity contribution is 6.13. The van der Waals surface area contributed by atoms with E-state index in [9.17, 15) is 15.0 Å². The van der Waals surface area contributed by atoms with E-state index in [1.54, 1.807) is 73.1 Å². The van der Waals surface area contributed by atoms with Gasteiger partial charge in [-0.05, 0) is 47.5 Å². The largest absolute Gasteiger partial charge is 0.508 e. The number of carbonyl (C=O) groups is 1. The summed E-state index contributed by atoms with van der Waals surface area (Å²) in [4.78, 5) is 22.0. The van der Waals surface area contributed by atoms with E-state index in [0.29, 0.717) is 11.1 Å². The molecule has 28 heavy (non-hydrogen) atoms. The SMILES string of the molecule is O=C(c1ncccc1-c1ccc(O)cc1)c1ncccc1-c1ccc(O)cc1. The number of hydrogen-bond donors (Lipinski definition) is 2. The highest BCUT2D eigenvalue weighted by Gasteiger charge is 2.21. The summed E-state index contributed by atoms with van der Waals surface area (Å²) in [6.45, 7) is 0. The molecule has 136 valence electrons. The summed E-state index contributed by atoms with van der Waals surface area (Å²) in [5, 5.41) is 19.1. The molecule has 2 N–H and O–H groups in total. The van der Waals surface area contributed by atoms with Gasteiger partial charge in [-0.15, -0.1) is 0 Å². The summed E-state index contributed by atoms with van der Waals surface area (Å²) in [6, 6.07) is 20.4. The molecule has 0 atom stereocenters. The van der Waals surface area contributed by atoms with Crippen LogP contribution in [0.4, 0.5) is 0 Å². The van der Waals surface area contributed by atoms with Gasteiger partial charge in [0.05, 0.1) is 0 Å². The van der Waals surface area contributed by atoms with Crippen LogP contribution in [0.3, 0.4) is 0 Å². The van der Waals surface area contributed by atoms with Crippen LogP contribution in [0.25, 0.3) is 22.3 Å². The van der Waals surface area contributed by atoms with Crippen molar-refractivity contribution < 1.29 is 15.0 Å². The van der Waals surface area contributed by atoms with Crippen LogP contribution in [0, 0.1) is 0 Å². The van der Waals surface area contributed by atoms with Crippen molar-refractivity contribution in [1.82, 2.24) is 9.97 Å². The second-order valence-electron chi connectivity index (χ2n) is 6.22. The molecule has 2 heterocycles. The third-order valence-corrected chi connectivity index (χ3v) is 4.40. The van der Waals surface area contributed by atoms with E-state index in [4.69, 9.17) is 0 Å². The Morgan fingerprint density at radius 3 is 1.39 bits per heavy atom. The molecule has 0 aliphatic heterocycles. The average molecular weight is 368 g/mol. The maximum Gasteiger partial charge on any atom is 0.230 e. The van der Waals surface area contributed by atoms with Crippen molar-refractivity contribution in [3.63, 3.8) is 0 Å². The van der Waals surface area contributed by atoms with Crippen LogP contribution in [-0.4, -0.2) is 26.0 Å². The average Bonchev–Trinajstić information content (AvgIpc) is 2.74. The Morgan fingerprint density at radius 1 is 0.607 bits per heavy atom. The predicted octanol–water partition coefficient (Wildman–Crippen LogP) is 4.45. The first kappa shape index (κ1) is 17.4. The van der Waals surface area contributed by atoms with Crippen molar-refractivity contribution in [1.29, 1.82) is 0 Å². The molecule has 0 bridgehead atoms. The Bertz CT molecular complexity index is 1050. The molecule has 0 spiro atoms. The number of benzene rings is 2. The molecule has 2 aromatic heterocycles. The van der Waals surface area contributed by atoms with Crippen molar-refractivity contribution in [3.05, 3.63) is 96.6 Å². The van der Waals surface area contributed by atoms with Gasteiger partial charge in [0.1, 0.15) is 22.9 Å². The molecule has 0 saturated carbocycles. The van der Waals surface area contributed by atoms with Gasteiger partial charge in [-0.1, -0.05) is 36.4 Å². The van der Waals surface area contributed by atoms with Crippen molar-refractivity contribution in [2.75, 3.05) is 0 Å². The molecule has 0 radical (unpaired) electrons. The number of aromatic hydroxyl groups is 2. The van der Waals surface area contributed by atoms with Crippen molar-refractivity contribution in [2.45, 2.75) is 0 Å². The summed E-state index contributed by atoms with van der Waals surface area (Å²) in [6.07, 6.45) is 3.14. The normalized spacial score (nSPS) is 10.6. The van der Waals surface area contributed by atoms with Gasteiger partial charge in [0.25, 0.3) is 0 Å².